The van der Waals surface area contributed by atoms with Gasteiger partial charge in [0.1, 0.15) is 0 Å². The van der Waals surface area contributed by atoms with E-state index in [1.807, 2.05) is 78.0 Å². The van der Waals surface area contributed by atoms with E-state index in [2.05, 4.69) is 152 Å². The average Bonchev–Trinajstić information content (AvgIpc) is 3.86. The van der Waals surface area contributed by atoms with E-state index in [0.29, 0.717) is 0 Å². The molecule has 0 N–H and O–H groups in total. The molecule has 0 aliphatic carbocycles. The van der Waals surface area contributed by atoms with Gasteiger partial charge in [0, 0.05) is 45.1 Å². The number of aryl methyl sites for hydroxylation is 3. The van der Waals surface area contributed by atoms with Gasteiger partial charge < -0.3 is 19.6 Å². The van der Waals surface area contributed by atoms with E-state index >= 15 is 0 Å². The fraction of sp³-hybridized carbons (Fsp3) is 0.0678. The minimum atomic E-state index is 0. The zero-order valence-electron chi connectivity index (χ0n) is 35.1. The predicted molar refractivity (Wildman–Crippen MR) is 256 cm³/mol. The molecule has 2 aromatic heterocycles. The molecule has 0 saturated carbocycles. The second kappa shape index (κ2) is 19.9. The molecule has 0 saturated heterocycles. The molecule has 10 rings (SSSR count). The second-order valence-electron chi connectivity index (χ2n) is 15.8. The van der Waals surface area contributed by atoms with Gasteiger partial charge in [-0.2, -0.15) is 30.3 Å². The van der Waals surface area contributed by atoms with Crippen LogP contribution < -0.4 is 4.90 Å². The van der Waals surface area contributed by atoms with E-state index < -0.39 is 0 Å². The van der Waals surface area contributed by atoms with Gasteiger partial charge in [0.25, 0.3) is 0 Å². The largest absolute Gasteiger partial charge is 0.643 e. The van der Waals surface area contributed by atoms with Crippen LogP contribution in [0.25, 0.3) is 67.0 Å². The van der Waals surface area contributed by atoms with Crippen molar-refractivity contribution in [1.82, 2.24) is 9.97 Å². The summed E-state index contributed by atoms with van der Waals surface area (Å²) >= 11 is 0. The topological polar surface area (TPSA) is 38.2 Å². The van der Waals surface area contributed by atoms with E-state index in [4.69, 9.17) is 14.7 Å². The number of pyridine rings is 2. The fourth-order valence-corrected chi connectivity index (χ4v) is 8.16. The summed E-state index contributed by atoms with van der Waals surface area (Å²) in [6, 6.07) is 75.7. The van der Waals surface area contributed by atoms with Crippen LogP contribution in [0.5, 0.6) is 0 Å². The number of aromatic nitrogens is 2. The molecule has 0 amide bonds. The van der Waals surface area contributed by atoms with Crippen LogP contribution in [-0.2, 0) is 44.1 Å². The Labute approximate surface area is 390 Å². The molecular weight excluding hydrogens is 959 g/mol. The summed E-state index contributed by atoms with van der Waals surface area (Å²) in [4.78, 5) is 11.8. The van der Waals surface area contributed by atoms with Gasteiger partial charge >= 0.3 is 0 Å². The SMILES string of the molecule is [Ir].[c-]1ccccc1-c1ccc(CCc2cc(CCC3=CN(c4[c-]cccc4)[CH-]O3)cc(-c3ccccc3-c3ccc(-c4[c-]ccc(-c5ccc(-c6ccccc6)cc5)c4)nc3)c2)cn1. The zero-order valence-corrected chi connectivity index (χ0v) is 37.5. The molecule has 0 bridgehead atoms. The van der Waals surface area contributed by atoms with Crippen molar-refractivity contribution >= 4 is 5.69 Å². The van der Waals surface area contributed by atoms with Crippen LogP contribution in [0, 0.1) is 24.9 Å². The summed E-state index contributed by atoms with van der Waals surface area (Å²) in [5.41, 5.74) is 17.8. The van der Waals surface area contributed by atoms with Gasteiger partial charge in [0.05, 0.1) is 5.76 Å². The van der Waals surface area contributed by atoms with Crippen LogP contribution in [0.2, 0.25) is 0 Å². The first-order valence-electron chi connectivity index (χ1n) is 21.4. The smallest absolute Gasteiger partial charge is 0.0765 e. The summed E-state index contributed by atoms with van der Waals surface area (Å²) in [5.74, 6) is 0.927. The molecule has 9 aromatic rings. The van der Waals surface area contributed by atoms with E-state index in [0.717, 1.165) is 81.9 Å². The summed E-state index contributed by atoms with van der Waals surface area (Å²) in [6.07, 6.45) is 9.43. The Hall–Kier alpha value is -7.17. The molecule has 1 aliphatic rings. The number of benzene rings is 7. The van der Waals surface area contributed by atoms with Crippen LogP contribution in [-0.4, -0.2) is 9.97 Å². The minimum Gasteiger partial charge on any atom is -0.643 e. The maximum atomic E-state index is 6.02. The van der Waals surface area contributed by atoms with Crippen LogP contribution in [0.15, 0.2) is 212 Å². The summed E-state index contributed by atoms with van der Waals surface area (Å²) in [6.45, 7) is 1.76. The van der Waals surface area contributed by atoms with Crippen LogP contribution in [0.4, 0.5) is 5.69 Å². The Kier molecular flexibility index (Phi) is 13.1. The third-order valence-corrected chi connectivity index (χ3v) is 11.5. The molecule has 5 heteroatoms. The van der Waals surface area contributed by atoms with Gasteiger partial charge in [-0.1, -0.05) is 128 Å². The molecule has 1 radical (unpaired) electrons. The Morgan fingerprint density at radius 3 is 1.75 bits per heavy atom. The van der Waals surface area contributed by atoms with E-state index in [9.17, 15) is 0 Å². The van der Waals surface area contributed by atoms with Gasteiger partial charge in [-0.3, -0.25) is 0 Å². The Morgan fingerprint density at radius 1 is 0.438 bits per heavy atom. The fourth-order valence-electron chi connectivity index (χ4n) is 8.16. The molecule has 313 valence electrons. The molecule has 0 fully saturated rings. The number of ether oxygens (including phenoxy) is 1. The Balaban J connectivity index is 0.00000518. The van der Waals surface area contributed by atoms with Crippen molar-refractivity contribution in [1.29, 1.82) is 0 Å². The molecule has 7 aromatic carbocycles. The van der Waals surface area contributed by atoms with Crippen LogP contribution in [0.1, 0.15) is 23.1 Å². The molecule has 64 heavy (non-hydrogen) atoms. The van der Waals surface area contributed by atoms with Gasteiger partial charge in [-0.25, -0.2) is 0 Å². The van der Waals surface area contributed by atoms with Crippen molar-refractivity contribution in [2.75, 3.05) is 4.90 Å². The number of nitrogens with zero attached hydrogens (tertiary/aromatic N) is 3. The van der Waals surface area contributed by atoms with Crippen LogP contribution >= 0.6 is 0 Å². The first-order chi connectivity index (χ1) is 31.2. The maximum Gasteiger partial charge on any atom is 0.0765 e. The first kappa shape index (κ1) is 42.1. The monoisotopic (exact) mass is 1000 g/mol. The number of para-hydroxylation sites is 1. The van der Waals surface area contributed by atoms with Gasteiger partial charge in [-0.05, 0) is 86.3 Å². The Morgan fingerprint density at radius 2 is 1.05 bits per heavy atom. The molecule has 0 atom stereocenters. The third kappa shape index (κ3) is 9.88. The Bertz CT molecular complexity index is 2970. The quantitative estimate of drug-likeness (QED) is 0.108. The zero-order chi connectivity index (χ0) is 42.2. The summed E-state index contributed by atoms with van der Waals surface area (Å²) in [7, 11) is 0. The van der Waals surface area contributed by atoms with Crippen molar-refractivity contribution in [2.45, 2.75) is 25.7 Å². The van der Waals surface area contributed by atoms with Crippen molar-refractivity contribution in [3.63, 3.8) is 0 Å². The van der Waals surface area contributed by atoms with Gasteiger partial charge in [0.15, 0.2) is 0 Å². The van der Waals surface area contributed by atoms with Crippen molar-refractivity contribution < 1.29 is 24.8 Å². The average molecular weight is 1000 g/mol. The summed E-state index contributed by atoms with van der Waals surface area (Å²) < 4.78 is 6.02. The first-order valence-corrected chi connectivity index (χ1v) is 21.4. The summed E-state index contributed by atoms with van der Waals surface area (Å²) in [5, 5.41) is 0. The molecule has 1 aliphatic heterocycles. The van der Waals surface area contributed by atoms with Crippen LogP contribution in [0.3, 0.4) is 0 Å². The number of rotatable bonds is 13. The normalized spacial score (nSPS) is 12.0. The molecule has 4 nitrogen and oxygen atoms in total. The van der Waals surface area contributed by atoms with Crippen molar-refractivity contribution in [3.8, 4) is 67.0 Å². The van der Waals surface area contributed by atoms with Gasteiger partial charge in [-0.15, -0.1) is 77.0 Å². The van der Waals surface area contributed by atoms with E-state index in [-0.39, 0.29) is 20.1 Å². The standard InChI is InChI=1S/C59H43N3O.Ir/c1-4-13-46(14-5-1)47-27-29-48(30-28-47)50-17-12-18-51(38-50)59-34-31-52(40-61-59)56-21-10-11-22-57(56)53-36-44(24-23-43-26-33-58(60-39-43)49-15-6-2-7-16-49)35-45(37-53)25-32-55-41-62(42-63-55)54-19-8-3-9-20-54;/h1-15,17,19,21-22,26-31,33-42H,23-25,32H2;/q-4;. The van der Waals surface area contributed by atoms with Gasteiger partial charge in [0.2, 0.25) is 0 Å². The molecular formula is C59H43IrN3O-4. The molecule has 3 heterocycles. The van der Waals surface area contributed by atoms with Crippen molar-refractivity contribution in [2.24, 2.45) is 0 Å². The molecule has 0 spiro atoms. The van der Waals surface area contributed by atoms with E-state index in [1.54, 1.807) is 6.73 Å². The number of anilines is 1. The number of hydrogen-bond acceptors (Lipinski definition) is 4. The predicted octanol–water partition coefficient (Wildman–Crippen LogP) is 14.1. The second-order valence-corrected chi connectivity index (χ2v) is 15.8. The third-order valence-electron chi connectivity index (χ3n) is 11.5. The van der Waals surface area contributed by atoms with E-state index in [1.165, 1.54) is 38.9 Å². The number of hydrogen-bond donors (Lipinski definition) is 0. The number of allylic oxidation sites excluding steroid dienone is 1. The van der Waals surface area contributed by atoms with Crippen molar-refractivity contribution in [3.05, 3.63) is 254 Å². The maximum absolute atomic E-state index is 6.02. The minimum absolute atomic E-state index is 0. The molecule has 0 unspecified atom stereocenters.